The maximum atomic E-state index is 11.9. The fourth-order valence-electron chi connectivity index (χ4n) is 1.53. The zero-order valence-corrected chi connectivity index (χ0v) is 10.6. The molecule has 2 aromatic rings. The summed E-state index contributed by atoms with van der Waals surface area (Å²) >= 11 is 5.61. The number of rotatable bonds is 3. The first-order chi connectivity index (χ1) is 8.66. The molecule has 0 aliphatic rings. The lowest BCUT2D eigenvalue weighted by atomic mass is 10.1. The van der Waals surface area contributed by atoms with E-state index in [-0.39, 0.29) is 22.8 Å². The Morgan fingerprint density at radius 2 is 1.94 bits per heavy atom. The van der Waals surface area contributed by atoms with E-state index in [0.29, 0.717) is 0 Å². The Bertz CT molecular complexity index is 528. The minimum Gasteiger partial charge on any atom is -0.344 e. The highest BCUT2D eigenvalue weighted by Gasteiger charge is 2.12. The number of carbonyl (C=O) groups is 1. The SMILES string of the molecule is C[C@H](NC(=O)c1cnc(Cl)cn1)c1ccccc1. The van der Waals surface area contributed by atoms with E-state index in [1.165, 1.54) is 12.4 Å². The van der Waals surface area contributed by atoms with Crippen LogP contribution in [0.1, 0.15) is 29.0 Å². The maximum absolute atomic E-state index is 11.9. The van der Waals surface area contributed by atoms with Gasteiger partial charge in [0.2, 0.25) is 0 Å². The Morgan fingerprint density at radius 1 is 1.22 bits per heavy atom. The van der Waals surface area contributed by atoms with Crippen molar-refractivity contribution >= 4 is 17.5 Å². The van der Waals surface area contributed by atoms with Crippen LogP contribution in [0.4, 0.5) is 0 Å². The first-order valence-electron chi connectivity index (χ1n) is 5.50. The van der Waals surface area contributed by atoms with Crippen molar-refractivity contribution in [3.05, 3.63) is 59.1 Å². The van der Waals surface area contributed by atoms with Gasteiger partial charge in [-0.1, -0.05) is 41.9 Å². The van der Waals surface area contributed by atoms with Crippen molar-refractivity contribution in [3.63, 3.8) is 0 Å². The quantitative estimate of drug-likeness (QED) is 0.924. The molecule has 1 aromatic heterocycles. The van der Waals surface area contributed by atoms with Crippen LogP contribution in [0.3, 0.4) is 0 Å². The molecule has 1 atom stereocenters. The van der Waals surface area contributed by atoms with Crippen LogP contribution < -0.4 is 5.32 Å². The molecule has 92 valence electrons. The molecule has 0 aliphatic carbocycles. The molecule has 1 N–H and O–H groups in total. The van der Waals surface area contributed by atoms with Crippen LogP contribution >= 0.6 is 11.6 Å². The van der Waals surface area contributed by atoms with E-state index < -0.39 is 0 Å². The number of amides is 1. The second-order valence-electron chi connectivity index (χ2n) is 3.83. The maximum Gasteiger partial charge on any atom is 0.271 e. The molecule has 0 radical (unpaired) electrons. The summed E-state index contributed by atoms with van der Waals surface area (Å²) in [6.07, 6.45) is 2.71. The summed E-state index contributed by atoms with van der Waals surface area (Å²) in [5.41, 5.74) is 1.29. The molecule has 0 fully saturated rings. The van der Waals surface area contributed by atoms with Gasteiger partial charge in [0, 0.05) is 0 Å². The first-order valence-corrected chi connectivity index (χ1v) is 5.88. The highest BCUT2D eigenvalue weighted by Crippen LogP contribution is 2.11. The van der Waals surface area contributed by atoms with E-state index in [1.807, 2.05) is 37.3 Å². The Kier molecular flexibility index (Phi) is 3.89. The zero-order chi connectivity index (χ0) is 13.0. The van der Waals surface area contributed by atoms with Crippen LogP contribution in [-0.2, 0) is 0 Å². The van der Waals surface area contributed by atoms with Crippen LogP contribution in [0.25, 0.3) is 0 Å². The van der Waals surface area contributed by atoms with Gasteiger partial charge in [0.15, 0.2) is 0 Å². The number of benzene rings is 1. The molecule has 2 rings (SSSR count). The smallest absolute Gasteiger partial charge is 0.271 e. The average Bonchev–Trinajstić information content (AvgIpc) is 2.40. The van der Waals surface area contributed by atoms with Gasteiger partial charge in [0.25, 0.3) is 5.91 Å². The van der Waals surface area contributed by atoms with Crippen LogP contribution in [-0.4, -0.2) is 15.9 Å². The van der Waals surface area contributed by atoms with Crippen molar-refractivity contribution in [2.24, 2.45) is 0 Å². The number of aromatic nitrogens is 2. The second kappa shape index (κ2) is 5.60. The van der Waals surface area contributed by atoms with Crippen LogP contribution in [0.2, 0.25) is 5.15 Å². The molecule has 5 heteroatoms. The molecule has 18 heavy (non-hydrogen) atoms. The summed E-state index contributed by atoms with van der Waals surface area (Å²) in [6.45, 7) is 1.91. The molecule has 0 saturated heterocycles. The molecular weight excluding hydrogens is 250 g/mol. The molecule has 4 nitrogen and oxygen atoms in total. The average molecular weight is 262 g/mol. The Balaban J connectivity index is 2.06. The molecule has 1 heterocycles. The van der Waals surface area contributed by atoms with Crippen molar-refractivity contribution < 1.29 is 4.79 Å². The molecule has 0 spiro atoms. The molecule has 0 saturated carbocycles. The van der Waals surface area contributed by atoms with Crippen LogP contribution in [0, 0.1) is 0 Å². The second-order valence-corrected chi connectivity index (χ2v) is 4.22. The van der Waals surface area contributed by atoms with E-state index in [1.54, 1.807) is 0 Å². The van der Waals surface area contributed by atoms with Gasteiger partial charge < -0.3 is 5.32 Å². The van der Waals surface area contributed by atoms with Gasteiger partial charge in [0.1, 0.15) is 10.8 Å². The Labute approximate surface area is 110 Å². The minimum absolute atomic E-state index is 0.0869. The summed E-state index contributed by atoms with van der Waals surface area (Å²) in [5.74, 6) is -0.268. The van der Waals surface area contributed by atoms with Gasteiger partial charge in [-0.15, -0.1) is 0 Å². The van der Waals surface area contributed by atoms with Gasteiger partial charge in [-0.3, -0.25) is 4.79 Å². The standard InChI is InChI=1S/C13H12ClN3O/c1-9(10-5-3-2-4-6-10)17-13(18)11-7-16-12(14)8-15-11/h2-9H,1H3,(H,17,18)/t9-/m0/s1. The number of hydrogen-bond acceptors (Lipinski definition) is 3. The monoisotopic (exact) mass is 261 g/mol. The summed E-state index contributed by atoms with van der Waals surface area (Å²) in [4.78, 5) is 19.6. The Morgan fingerprint density at radius 3 is 2.56 bits per heavy atom. The third-order valence-corrected chi connectivity index (χ3v) is 2.70. The van der Waals surface area contributed by atoms with Crippen LogP contribution in [0.5, 0.6) is 0 Å². The van der Waals surface area contributed by atoms with E-state index in [9.17, 15) is 4.79 Å². The summed E-state index contributed by atoms with van der Waals surface area (Å²) in [5, 5.41) is 3.11. The first kappa shape index (κ1) is 12.5. The van der Waals surface area contributed by atoms with E-state index in [2.05, 4.69) is 15.3 Å². The fraction of sp³-hybridized carbons (Fsp3) is 0.154. The topological polar surface area (TPSA) is 54.9 Å². The number of nitrogens with one attached hydrogen (secondary N) is 1. The fourth-order valence-corrected chi connectivity index (χ4v) is 1.62. The summed E-state index contributed by atoms with van der Waals surface area (Å²) in [6, 6.07) is 9.62. The number of hydrogen-bond donors (Lipinski definition) is 1. The van der Waals surface area contributed by atoms with Gasteiger partial charge >= 0.3 is 0 Å². The van der Waals surface area contributed by atoms with Gasteiger partial charge in [-0.25, -0.2) is 9.97 Å². The van der Waals surface area contributed by atoms with Gasteiger partial charge in [-0.2, -0.15) is 0 Å². The lowest BCUT2D eigenvalue weighted by Crippen LogP contribution is -2.27. The minimum atomic E-state index is -0.268. The van der Waals surface area contributed by atoms with Crippen molar-refractivity contribution in [1.82, 2.24) is 15.3 Å². The molecule has 1 aromatic carbocycles. The lowest BCUT2D eigenvalue weighted by Gasteiger charge is -2.13. The molecule has 0 aliphatic heterocycles. The predicted molar refractivity (Wildman–Crippen MR) is 69.4 cm³/mol. The molecule has 0 bridgehead atoms. The van der Waals surface area contributed by atoms with Crippen molar-refractivity contribution in [2.45, 2.75) is 13.0 Å². The number of halogens is 1. The van der Waals surface area contributed by atoms with Gasteiger partial charge in [-0.05, 0) is 12.5 Å². The third kappa shape index (κ3) is 3.05. The molecule has 1 amide bonds. The number of carbonyl (C=O) groups excluding carboxylic acids is 1. The van der Waals surface area contributed by atoms with E-state index in [4.69, 9.17) is 11.6 Å². The summed E-state index contributed by atoms with van der Waals surface area (Å²) in [7, 11) is 0. The van der Waals surface area contributed by atoms with Crippen molar-refractivity contribution in [1.29, 1.82) is 0 Å². The highest BCUT2D eigenvalue weighted by atomic mass is 35.5. The van der Waals surface area contributed by atoms with Crippen molar-refractivity contribution in [2.75, 3.05) is 0 Å². The largest absolute Gasteiger partial charge is 0.344 e. The number of nitrogens with zero attached hydrogens (tertiary/aromatic N) is 2. The van der Waals surface area contributed by atoms with Gasteiger partial charge in [0.05, 0.1) is 18.4 Å². The van der Waals surface area contributed by atoms with E-state index in [0.717, 1.165) is 5.56 Å². The summed E-state index contributed by atoms with van der Waals surface area (Å²) < 4.78 is 0. The lowest BCUT2D eigenvalue weighted by molar-refractivity contribution is 0.0934. The molecule has 0 unspecified atom stereocenters. The highest BCUT2D eigenvalue weighted by molar-refractivity contribution is 6.29. The normalized spacial score (nSPS) is 11.9. The predicted octanol–water partition coefficient (Wildman–Crippen LogP) is 2.62. The van der Waals surface area contributed by atoms with E-state index >= 15 is 0 Å². The Hall–Kier alpha value is -1.94. The zero-order valence-electron chi connectivity index (χ0n) is 9.80. The van der Waals surface area contributed by atoms with Crippen LogP contribution in [0.15, 0.2) is 42.7 Å². The third-order valence-electron chi connectivity index (χ3n) is 2.50. The molecular formula is C13H12ClN3O. The van der Waals surface area contributed by atoms with Crippen molar-refractivity contribution in [3.8, 4) is 0 Å².